The molecule has 0 bridgehead atoms. The molecule has 10 heteroatoms. The average Bonchev–Trinajstić information content (AvgIpc) is 3.20. The maximum Gasteiger partial charge on any atom is 0.189 e. The van der Waals surface area contributed by atoms with Crippen LogP contribution in [-0.2, 0) is 27.2 Å². The van der Waals surface area contributed by atoms with Crippen molar-refractivity contribution >= 4 is 55.2 Å². The van der Waals surface area contributed by atoms with Crippen molar-refractivity contribution in [3.63, 3.8) is 0 Å². The molecule has 0 spiro atoms. The number of rotatable bonds is 7. The highest BCUT2D eigenvalue weighted by Gasteiger charge is 2.33. The molecule has 2 aliphatic rings. The normalized spacial score (nSPS) is 18.1. The van der Waals surface area contributed by atoms with E-state index < -0.39 is 0 Å². The molecule has 8 nitrogen and oxygen atoms in total. The lowest BCUT2D eigenvalue weighted by Crippen LogP contribution is -2.39. The van der Waals surface area contributed by atoms with Crippen LogP contribution in [0.4, 0.5) is 11.6 Å². The molecule has 0 radical (unpaired) electrons. The van der Waals surface area contributed by atoms with Crippen LogP contribution < -0.4 is 10.2 Å². The first kappa shape index (κ1) is 23.0. The smallest absolute Gasteiger partial charge is 0.189 e. The van der Waals surface area contributed by atoms with E-state index in [1.54, 1.807) is 30.2 Å². The number of nitrogens with one attached hydrogen (secondary N) is 1. The summed E-state index contributed by atoms with van der Waals surface area (Å²) >= 11 is 3.25. The molecule has 0 saturated carbocycles. The third-order valence-electron chi connectivity index (χ3n) is 6.16. The fourth-order valence-electron chi connectivity index (χ4n) is 4.51. The van der Waals surface area contributed by atoms with Crippen LogP contribution in [0, 0.1) is 0 Å². The van der Waals surface area contributed by atoms with Crippen LogP contribution >= 0.6 is 23.1 Å². The fraction of sp³-hybridized carbons (Fsp3) is 0.609. The summed E-state index contributed by atoms with van der Waals surface area (Å²) in [5.41, 5.74) is 3.29. The number of morpholine rings is 1. The van der Waals surface area contributed by atoms with Crippen molar-refractivity contribution in [1.82, 2.24) is 15.0 Å². The zero-order chi connectivity index (χ0) is 23.0. The number of thioether (sulfide) groups is 1. The zero-order valence-electron chi connectivity index (χ0n) is 19.7. The molecule has 2 aliphatic heterocycles. The summed E-state index contributed by atoms with van der Waals surface area (Å²) < 4.78 is 18.1. The van der Waals surface area contributed by atoms with Crippen molar-refractivity contribution < 1.29 is 14.2 Å². The average molecular weight is 490 g/mol. The van der Waals surface area contributed by atoms with E-state index >= 15 is 0 Å². The summed E-state index contributed by atoms with van der Waals surface area (Å²) in [6, 6.07) is 0. The SMILES string of the molecule is COCCCNc1nc(SC)nc2c1sc1nc(N3CCOCC3)c3c(c12)CC(C)(C)OC3. The molecule has 1 saturated heterocycles. The maximum atomic E-state index is 6.25. The number of hydrogen-bond donors (Lipinski definition) is 1. The van der Waals surface area contributed by atoms with E-state index in [9.17, 15) is 0 Å². The van der Waals surface area contributed by atoms with E-state index in [4.69, 9.17) is 29.2 Å². The Balaban J connectivity index is 1.70. The molecule has 0 aromatic carbocycles. The largest absolute Gasteiger partial charge is 0.385 e. The first-order valence-corrected chi connectivity index (χ1v) is 13.4. The number of aromatic nitrogens is 3. The van der Waals surface area contributed by atoms with E-state index in [0.717, 1.165) is 89.5 Å². The van der Waals surface area contributed by atoms with Gasteiger partial charge in [0.15, 0.2) is 5.16 Å². The lowest BCUT2D eigenvalue weighted by Gasteiger charge is -2.36. The number of methoxy groups -OCH3 is 1. The summed E-state index contributed by atoms with van der Waals surface area (Å²) in [7, 11) is 1.73. The summed E-state index contributed by atoms with van der Waals surface area (Å²) in [5.74, 6) is 1.92. The van der Waals surface area contributed by atoms with Crippen molar-refractivity contribution in [2.24, 2.45) is 0 Å². The van der Waals surface area contributed by atoms with Gasteiger partial charge in [0.2, 0.25) is 0 Å². The minimum atomic E-state index is -0.228. The molecule has 5 rings (SSSR count). The molecule has 178 valence electrons. The van der Waals surface area contributed by atoms with Gasteiger partial charge in [-0.2, -0.15) is 0 Å². The Kier molecular flexibility index (Phi) is 6.63. The predicted molar refractivity (Wildman–Crippen MR) is 135 cm³/mol. The summed E-state index contributed by atoms with van der Waals surface area (Å²) in [6.45, 7) is 9.56. The molecule has 1 N–H and O–H groups in total. The van der Waals surface area contributed by atoms with Gasteiger partial charge in [0, 0.05) is 50.7 Å². The molecular weight excluding hydrogens is 458 g/mol. The number of anilines is 2. The van der Waals surface area contributed by atoms with Gasteiger partial charge in [-0.3, -0.25) is 0 Å². The Bertz CT molecular complexity index is 1160. The molecule has 3 aromatic heterocycles. The van der Waals surface area contributed by atoms with Crippen LogP contribution in [0.25, 0.3) is 20.4 Å². The van der Waals surface area contributed by atoms with Gasteiger partial charge in [0.25, 0.3) is 0 Å². The Morgan fingerprint density at radius 2 is 2.00 bits per heavy atom. The highest BCUT2D eigenvalue weighted by Crippen LogP contribution is 2.44. The van der Waals surface area contributed by atoms with Gasteiger partial charge < -0.3 is 24.4 Å². The first-order chi connectivity index (χ1) is 16.0. The summed E-state index contributed by atoms with van der Waals surface area (Å²) in [5, 5.41) is 5.45. The highest BCUT2D eigenvalue weighted by atomic mass is 32.2. The summed E-state index contributed by atoms with van der Waals surface area (Å²) in [6.07, 6.45) is 3.77. The van der Waals surface area contributed by atoms with E-state index in [2.05, 4.69) is 24.1 Å². The standard InChI is InChI=1S/C23H31N5O3S2/c1-23(2)12-14-15(13-31-23)20(28-7-10-30-11-8-28)27-21-16(14)17-18(33-21)19(24-6-5-9-29-3)26-22(25-17)32-4/h5-13H2,1-4H3,(H,24,25,26). The van der Waals surface area contributed by atoms with Crippen molar-refractivity contribution in [1.29, 1.82) is 0 Å². The van der Waals surface area contributed by atoms with E-state index in [0.29, 0.717) is 6.61 Å². The topological polar surface area (TPSA) is 81.6 Å². The maximum absolute atomic E-state index is 6.25. The second kappa shape index (κ2) is 9.50. The molecule has 0 atom stereocenters. The Morgan fingerprint density at radius 1 is 1.18 bits per heavy atom. The molecule has 5 heterocycles. The third kappa shape index (κ3) is 4.51. The Morgan fingerprint density at radius 3 is 2.76 bits per heavy atom. The number of fused-ring (bicyclic) bond motifs is 5. The quantitative estimate of drug-likeness (QED) is 0.300. The second-order valence-electron chi connectivity index (χ2n) is 9.01. The zero-order valence-corrected chi connectivity index (χ0v) is 21.3. The molecule has 0 unspecified atom stereocenters. The van der Waals surface area contributed by atoms with Gasteiger partial charge in [-0.05, 0) is 32.1 Å². The van der Waals surface area contributed by atoms with Crippen molar-refractivity contribution in [3.05, 3.63) is 11.1 Å². The minimum Gasteiger partial charge on any atom is -0.385 e. The number of thiophene rings is 1. The van der Waals surface area contributed by atoms with E-state index in [-0.39, 0.29) is 5.60 Å². The number of nitrogens with zero attached hydrogens (tertiary/aromatic N) is 4. The first-order valence-electron chi connectivity index (χ1n) is 11.4. The van der Waals surface area contributed by atoms with Gasteiger partial charge in [0.05, 0.1) is 35.6 Å². The lowest BCUT2D eigenvalue weighted by molar-refractivity contribution is -0.0396. The van der Waals surface area contributed by atoms with Crippen LogP contribution in [0.1, 0.15) is 31.4 Å². The molecule has 0 aliphatic carbocycles. The third-order valence-corrected chi connectivity index (χ3v) is 7.79. The van der Waals surface area contributed by atoms with Gasteiger partial charge in [0.1, 0.15) is 16.5 Å². The molecule has 0 amide bonds. The van der Waals surface area contributed by atoms with Crippen molar-refractivity contribution in [2.75, 3.05) is 63.0 Å². The Hall–Kier alpha value is -1.72. The van der Waals surface area contributed by atoms with Gasteiger partial charge >= 0.3 is 0 Å². The van der Waals surface area contributed by atoms with Gasteiger partial charge in [-0.15, -0.1) is 11.3 Å². The minimum absolute atomic E-state index is 0.228. The van der Waals surface area contributed by atoms with Crippen molar-refractivity contribution in [3.8, 4) is 0 Å². The molecule has 1 fully saturated rings. The number of pyridine rings is 1. The van der Waals surface area contributed by atoms with Gasteiger partial charge in [-0.1, -0.05) is 11.8 Å². The molecule has 33 heavy (non-hydrogen) atoms. The van der Waals surface area contributed by atoms with Crippen LogP contribution in [0.2, 0.25) is 0 Å². The highest BCUT2D eigenvalue weighted by molar-refractivity contribution is 7.98. The number of hydrogen-bond acceptors (Lipinski definition) is 10. The predicted octanol–water partition coefficient (Wildman–Crippen LogP) is 4.10. The van der Waals surface area contributed by atoms with Crippen LogP contribution in [0.5, 0.6) is 0 Å². The lowest BCUT2D eigenvalue weighted by atomic mass is 9.90. The number of ether oxygens (including phenoxy) is 3. The monoisotopic (exact) mass is 489 g/mol. The van der Waals surface area contributed by atoms with Crippen LogP contribution in [-0.4, -0.2) is 73.4 Å². The van der Waals surface area contributed by atoms with Crippen LogP contribution in [0.15, 0.2) is 5.16 Å². The summed E-state index contributed by atoms with van der Waals surface area (Å²) in [4.78, 5) is 18.3. The van der Waals surface area contributed by atoms with Crippen LogP contribution in [0.3, 0.4) is 0 Å². The molecular formula is C23H31N5O3S2. The van der Waals surface area contributed by atoms with Gasteiger partial charge in [-0.25, -0.2) is 15.0 Å². The second-order valence-corrected chi connectivity index (χ2v) is 10.8. The molecule has 3 aromatic rings. The van der Waals surface area contributed by atoms with E-state index in [1.807, 2.05) is 6.26 Å². The van der Waals surface area contributed by atoms with Crippen molar-refractivity contribution in [2.45, 2.75) is 44.1 Å². The van der Waals surface area contributed by atoms with E-state index in [1.165, 1.54) is 11.1 Å². The Labute approximate surface area is 202 Å². The fourth-order valence-corrected chi connectivity index (χ4v) is 5.98.